The van der Waals surface area contributed by atoms with E-state index in [-0.39, 0.29) is 11.6 Å². The molecule has 0 aliphatic heterocycles. The van der Waals surface area contributed by atoms with Crippen molar-refractivity contribution in [1.82, 2.24) is 15.0 Å². The van der Waals surface area contributed by atoms with E-state index >= 15 is 0 Å². The number of nitrogens with one attached hydrogen (secondary N) is 2. The maximum Gasteiger partial charge on any atom is 0.276 e. The van der Waals surface area contributed by atoms with Gasteiger partial charge in [-0.1, -0.05) is 6.07 Å². The van der Waals surface area contributed by atoms with E-state index in [0.717, 1.165) is 0 Å². The Morgan fingerprint density at radius 3 is 3.00 bits per heavy atom. The second-order valence-corrected chi connectivity index (χ2v) is 2.84. The minimum Gasteiger partial charge on any atom is -0.384 e. The van der Waals surface area contributed by atoms with Gasteiger partial charge in [0, 0.05) is 12.4 Å². The van der Waals surface area contributed by atoms with Gasteiger partial charge in [-0.3, -0.25) is 10.1 Å². The number of rotatable bonds is 2. The van der Waals surface area contributed by atoms with Crippen LogP contribution in [0, 0.1) is 0 Å². The van der Waals surface area contributed by atoms with Crippen LogP contribution in [0.25, 0.3) is 0 Å². The van der Waals surface area contributed by atoms with Gasteiger partial charge < -0.3 is 10.7 Å². The van der Waals surface area contributed by atoms with Crippen LogP contribution in [0.3, 0.4) is 0 Å². The number of anilines is 2. The summed E-state index contributed by atoms with van der Waals surface area (Å²) in [4.78, 5) is 22.1. The van der Waals surface area contributed by atoms with Crippen molar-refractivity contribution in [3.05, 3.63) is 36.3 Å². The van der Waals surface area contributed by atoms with Gasteiger partial charge in [-0.05, 0) is 12.1 Å². The lowest BCUT2D eigenvalue weighted by atomic mass is 10.3. The average molecular weight is 203 g/mol. The Hall–Kier alpha value is -2.37. The van der Waals surface area contributed by atoms with Crippen LogP contribution in [0.2, 0.25) is 0 Å². The third kappa shape index (κ3) is 2.11. The smallest absolute Gasteiger partial charge is 0.276 e. The zero-order valence-corrected chi connectivity index (χ0v) is 7.77. The average Bonchev–Trinajstić information content (AvgIpc) is 2.70. The van der Waals surface area contributed by atoms with Crippen molar-refractivity contribution < 1.29 is 4.79 Å². The number of imidazole rings is 1. The van der Waals surface area contributed by atoms with E-state index in [9.17, 15) is 4.79 Å². The standard InChI is InChI=1S/C9H9N5O/c10-7-3-1-2-6(13-7)8(15)14-9-11-4-5-12-9/h1-5H,(H2,10,13)(H2,11,12,14,15). The van der Waals surface area contributed by atoms with E-state index < -0.39 is 0 Å². The van der Waals surface area contributed by atoms with Crippen LogP contribution in [0.4, 0.5) is 11.8 Å². The van der Waals surface area contributed by atoms with Crippen molar-refractivity contribution in [2.75, 3.05) is 11.1 Å². The molecule has 4 N–H and O–H groups in total. The van der Waals surface area contributed by atoms with Crippen LogP contribution in [-0.4, -0.2) is 20.9 Å². The third-order valence-electron chi connectivity index (χ3n) is 1.73. The molecule has 2 rings (SSSR count). The Balaban J connectivity index is 2.15. The Morgan fingerprint density at radius 1 is 1.47 bits per heavy atom. The number of carbonyl (C=O) groups is 1. The molecule has 0 aliphatic rings. The van der Waals surface area contributed by atoms with Gasteiger partial charge >= 0.3 is 0 Å². The Labute approximate surface area is 85.6 Å². The topological polar surface area (TPSA) is 96.7 Å². The highest BCUT2D eigenvalue weighted by atomic mass is 16.2. The number of nitrogens with two attached hydrogens (primary N) is 1. The third-order valence-corrected chi connectivity index (χ3v) is 1.73. The maximum absolute atomic E-state index is 11.6. The maximum atomic E-state index is 11.6. The van der Waals surface area contributed by atoms with Crippen molar-refractivity contribution in [1.29, 1.82) is 0 Å². The highest BCUT2D eigenvalue weighted by molar-refractivity contribution is 6.02. The van der Waals surface area contributed by atoms with Gasteiger partial charge in [0.2, 0.25) is 5.95 Å². The van der Waals surface area contributed by atoms with Crippen LogP contribution in [0.5, 0.6) is 0 Å². The van der Waals surface area contributed by atoms with Gasteiger partial charge in [0.15, 0.2) is 0 Å². The Morgan fingerprint density at radius 2 is 2.33 bits per heavy atom. The lowest BCUT2D eigenvalue weighted by molar-refractivity contribution is 0.102. The van der Waals surface area contributed by atoms with E-state index in [2.05, 4.69) is 20.3 Å². The quantitative estimate of drug-likeness (QED) is 0.667. The van der Waals surface area contributed by atoms with Crippen molar-refractivity contribution >= 4 is 17.7 Å². The molecule has 0 saturated carbocycles. The summed E-state index contributed by atoms with van der Waals surface area (Å²) < 4.78 is 0. The predicted octanol–water partition coefficient (Wildman–Crippen LogP) is 0.639. The Kier molecular flexibility index (Phi) is 2.32. The molecule has 0 fully saturated rings. The van der Waals surface area contributed by atoms with E-state index in [1.54, 1.807) is 30.6 Å². The number of hydrogen-bond donors (Lipinski definition) is 3. The molecule has 2 heterocycles. The number of amides is 1. The normalized spacial score (nSPS) is 9.87. The summed E-state index contributed by atoms with van der Waals surface area (Å²) >= 11 is 0. The first kappa shape index (κ1) is 9.20. The number of hydrogen-bond acceptors (Lipinski definition) is 4. The fraction of sp³-hybridized carbons (Fsp3) is 0. The second kappa shape index (κ2) is 3.79. The number of nitrogens with zero attached hydrogens (tertiary/aromatic N) is 2. The molecule has 0 bridgehead atoms. The summed E-state index contributed by atoms with van der Waals surface area (Å²) in [7, 11) is 0. The molecular weight excluding hydrogens is 194 g/mol. The number of aromatic amines is 1. The molecular formula is C9H9N5O. The van der Waals surface area contributed by atoms with Gasteiger partial charge in [0.1, 0.15) is 11.5 Å². The van der Waals surface area contributed by atoms with Crippen LogP contribution in [-0.2, 0) is 0 Å². The van der Waals surface area contributed by atoms with Gasteiger partial charge in [-0.15, -0.1) is 0 Å². The largest absolute Gasteiger partial charge is 0.384 e. The van der Waals surface area contributed by atoms with Crippen molar-refractivity contribution in [3.63, 3.8) is 0 Å². The van der Waals surface area contributed by atoms with Crippen LogP contribution >= 0.6 is 0 Å². The van der Waals surface area contributed by atoms with Crippen molar-refractivity contribution in [2.45, 2.75) is 0 Å². The minimum atomic E-state index is -0.350. The number of H-pyrrole nitrogens is 1. The van der Waals surface area contributed by atoms with E-state index in [4.69, 9.17) is 5.73 Å². The highest BCUT2D eigenvalue weighted by Crippen LogP contribution is 2.03. The molecule has 76 valence electrons. The first-order valence-electron chi connectivity index (χ1n) is 4.29. The highest BCUT2D eigenvalue weighted by Gasteiger charge is 2.08. The Bertz CT molecular complexity index is 465. The molecule has 15 heavy (non-hydrogen) atoms. The van der Waals surface area contributed by atoms with Gasteiger partial charge in [-0.25, -0.2) is 9.97 Å². The molecule has 0 atom stereocenters. The predicted molar refractivity (Wildman–Crippen MR) is 55.2 cm³/mol. The summed E-state index contributed by atoms with van der Waals surface area (Å²) in [5.41, 5.74) is 5.71. The summed E-state index contributed by atoms with van der Waals surface area (Å²) in [6.07, 6.45) is 3.16. The van der Waals surface area contributed by atoms with Crippen LogP contribution in [0.1, 0.15) is 10.5 Å². The molecule has 0 saturated heterocycles. The summed E-state index contributed by atoms with van der Waals surface area (Å²) in [5, 5.41) is 2.54. The molecule has 0 aliphatic carbocycles. The molecule has 6 nitrogen and oxygen atoms in total. The van der Waals surface area contributed by atoms with E-state index in [1.807, 2.05) is 0 Å². The number of carbonyl (C=O) groups excluding carboxylic acids is 1. The molecule has 1 amide bonds. The molecule has 0 radical (unpaired) electrons. The number of aromatic nitrogens is 3. The number of nitrogen functional groups attached to an aromatic ring is 1. The monoisotopic (exact) mass is 203 g/mol. The SMILES string of the molecule is Nc1cccc(C(=O)Nc2ncc[nH]2)n1. The van der Waals surface area contributed by atoms with Crippen LogP contribution < -0.4 is 11.1 Å². The van der Waals surface area contributed by atoms with Gasteiger partial charge in [0.25, 0.3) is 5.91 Å². The zero-order chi connectivity index (χ0) is 10.7. The zero-order valence-electron chi connectivity index (χ0n) is 7.77. The summed E-state index contributed by atoms with van der Waals surface area (Å²) in [6.45, 7) is 0. The first-order valence-corrected chi connectivity index (χ1v) is 4.29. The van der Waals surface area contributed by atoms with Crippen molar-refractivity contribution in [3.8, 4) is 0 Å². The number of pyridine rings is 1. The van der Waals surface area contributed by atoms with Gasteiger partial charge in [-0.2, -0.15) is 0 Å². The molecule has 2 aromatic rings. The molecule has 0 spiro atoms. The summed E-state index contributed by atoms with van der Waals surface area (Å²) in [5.74, 6) is 0.337. The molecule has 0 unspecified atom stereocenters. The fourth-order valence-corrected chi connectivity index (χ4v) is 1.08. The van der Waals surface area contributed by atoms with Gasteiger partial charge in [0.05, 0.1) is 0 Å². The molecule has 0 aromatic carbocycles. The lowest BCUT2D eigenvalue weighted by Gasteiger charge is -2.01. The lowest BCUT2D eigenvalue weighted by Crippen LogP contribution is -2.15. The first-order chi connectivity index (χ1) is 7.25. The minimum absolute atomic E-state index is 0.256. The fourth-order valence-electron chi connectivity index (χ4n) is 1.08. The summed E-state index contributed by atoms with van der Waals surface area (Å²) in [6, 6.07) is 4.86. The molecule has 2 aromatic heterocycles. The van der Waals surface area contributed by atoms with E-state index in [0.29, 0.717) is 11.8 Å². The molecule has 6 heteroatoms. The van der Waals surface area contributed by atoms with E-state index in [1.165, 1.54) is 0 Å². The van der Waals surface area contributed by atoms with Crippen LogP contribution in [0.15, 0.2) is 30.6 Å². The second-order valence-electron chi connectivity index (χ2n) is 2.84. The van der Waals surface area contributed by atoms with Crippen molar-refractivity contribution in [2.24, 2.45) is 0 Å².